The molecule has 1 heterocycles. The number of aromatic nitrogens is 1. The van der Waals surface area contributed by atoms with Crippen LogP contribution in [0.4, 0.5) is 5.69 Å². The van der Waals surface area contributed by atoms with E-state index in [4.69, 9.17) is 16.7 Å². The zero-order valence-electron chi connectivity index (χ0n) is 6.90. The van der Waals surface area contributed by atoms with Gasteiger partial charge in [-0.25, -0.2) is 4.98 Å². The van der Waals surface area contributed by atoms with E-state index >= 15 is 0 Å². The van der Waals surface area contributed by atoms with Gasteiger partial charge in [0.05, 0.1) is 4.92 Å². The van der Waals surface area contributed by atoms with Gasteiger partial charge in [0.15, 0.2) is 0 Å². The Morgan fingerprint density at radius 3 is 3.00 bits per heavy atom. The molecule has 14 heavy (non-hydrogen) atoms. The van der Waals surface area contributed by atoms with Crippen molar-refractivity contribution in [1.82, 2.24) is 4.98 Å². The van der Waals surface area contributed by atoms with Gasteiger partial charge >= 0.3 is 5.69 Å². The minimum Gasteiger partial charge on any atom is -0.384 e. The number of aliphatic hydroxyl groups is 1. The summed E-state index contributed by atoms with van der Waals surface area (Å²) in [4.78, 5) is 13.4. The van der Waals surface area contributed by atoms with E-state index in [-0.39, 0.29) is 17.4 Å². The SMILES string of the molecule is O=[N+]([O-])c1cc(C#CCO)cnc1Cl. The highest BCUT2D eigenvalue weighted by molar-refractivity contribution is 6.31. The fraction of sp³-hybridized carbons (Fsp3) is 0.125. The van der Waals surface area contributed by atoms with E-state index in [1.54, 1.807) is 0 Å². The summed E-state index contributed by atoms with van der Waals surface area (Å²) in [5.74, 6) is 4.84. The van der Waals surface area contributed by atoms with Gasteiger partial charge in [-0.1, -0.05) is 23.4 Å². The Labute approximate surface area is 84.5 Å². The van der Waals surface area contributed by atoms with E-state index in [1.807, 2.05) is 0 Å². The second-order valence-electron chi connectivity index (χ2n) is 2.25. The molecule has 1 rings (SSSR count). The van der Waals surface area contributed by atoms with Crippen molar-refractivity contribution in [1.29, 1.82) is 0 Å². The molecule has 0 aliphatic rings. The maximum Gasteiger partial charge on any atom is 0.307 e. The molecule has 0 aromatic carbocycles. The van der Waals surface area contributed by atoms with Crippen LogP contribution < -0.4 is 0 Å². The van der Waals surface area contributed by atoms with Crippen LogP contribution in [0.2, 0.25) is 5.15 Å². The highest BCUT2D eigenvalue weighted by atomic mass is 35.5. The third-order valence-corrected chi connectivity index (χ3v) is 1.62. The maximum absolute atomic E-state index is 10.4. The predicted octanol–water partition coefficient (Wildman–Crippen LogP) is 0.987. The average molecular weight is 213 g/mol. The summed E-state index contributed by atoms with van der Waals surface area (Å²) in [6, 6.07) is 1.21. The molecular weight excluding hydrogens is 208 g/mol. The molecule has 0 saturated heterocycles. The van der Waals surface area contributed by atoms with Gasteiger partial charge in [0, 0.05) is 17.8 Å². The van der Waals surface area contributed by atoms with Crippen LogP contribution in [0.5, 0.6) is 0 Å². The molecule has 72 valence electrons. The Morgan fingerprint density at radius 2 is 2.43 bits per heavy atom. The molecule has 0 spiro atoms. The van der Waals surface area contributed by atoms with E-state index in [2.05, 4.69) is 16.8 Å². The van der Waals surface area contributed by atoms with Crippen LogP contribution in [0.1, 0.15) is 5.56 Å². The van der Waals surface area contributed by atoms with Gasteiger partial charge in [0.2, 0.25) is 5.15 Å². The van der Waals surface area contributed by atoms with Gasteiger partial charge in [-0.2, -0.15) is 0 Å². The molecule has 0 fully saturated rings. The fourth-order valence-electron chi connectivity index (χ4n) is 0.774. The van der Waals surface area contributed by atoms with Crippen molar-refractivity contribution in [2.24, 2.45) is 0 Å². The summed E-state index contributed by atoms with van der Waals surface area (Å²) in [6.07, 6.45) is 1.30. The molecular formula is C8H5ClN2O3. The zero-order valence-corrected chi connectivity index (χ0v) is 7.65. The lowest BCUT2D eigenvalue weighted by atomic mass is 10.3. The molecule has 0 amide bonds. The van der Waals surface area contributed by atoms with Gasteiger partial charge in [0.25, 0.3) is 0 Å². The molecule has 6 heteroatoms. The van der Waals surface area contributed by atoms with Crippen LogP contribution in [0, 0.1) is 22.0 Å². The van der Waals surface area contributed by atoms with E-state index < -0.39 is 4.92 Å². The largest absolute Gasteiger partial charge is 0.384 e. The first kappa shape index (κ1) is 10.4. The Bertz CT molecular complexity index is 422. The third kappa shape index (κ3) is 2.42. The lowest BCUT2D eigenvalue weighted by Gasteiger charge is -1.94. The van der Waals surface area contributed by atoms with Gasteiger partial charge in [0.1, 0.15) is 6.61 Å². The maximum atomic E-state index is 10.4. The van der Waals surface area contributed by atoms with Gasteiger partial charge < -0.3 is 5.11 Å². The minimum atomic E-state index is -0.639. The van der Waals surface area contributed by atoms with E-state index in [1.165, 1.54) is 12.3 Å². The highest BCUT2D eigenvalue weighted by Gasteiger charge is 2.13. The van der Waals surface area contributed by atoms with Crippen LogP contribution in [0.3, 0.4) is 0 Å². The van der Waals surface area contributed by atoms with Crippen molar-refractivity contribution in [3.63, 3.8) is 0 Å². The normalized spacial score (nSPS) is 9.00. The second-order valence-corrected chi connectivity index (χ2v) is 2.61. The Hall–Kier alpha value is -1.64. The molecule has 1 N–H and O–H groups in total. The van der Waals surface area contributed by atoms with E-state index in [9.17, 15) is 10.1 Å². The second kappa shape index (κ2) is 4.56. The summed E-state index contributed by atoms with van der Waals surface area (Å²) < 4.78 is 0. The first-order valence-corrected chi connectivity index (χ1v) is 3.92. The Morgan fingerprint density at radius 1 is 1.71 bits per heavy atom. The molecule has 0 bridgehead atoms. The lowest BCUT2D eigenvalue weighted by molar-refractivity contribution is -0.385. The molecule has 0 atom stereocenters. The van der Waals surface area contributed by atoms with Crippen molar-refractivity contribution in [3.05, 3.63) is 33.1 Å². The predicted molar refractivity (Wildman–Crippen MR) is 49.9 cm³/mol. The van der Waals surface area contributed by atoms with Crippen LogP contribution in [0.15, 0.2) is 12.3 Å². The van der Waals surface area contributed by atoms with Gasteiger partial charge in [-0.15, -0.1) is 0 Å². The van der Waals surface area contributed by atoms with E-state index in [0.717, 1.165) is 0 Å². The quantitative estimate of drug-likeness (QED) is 0.326. The van der Waals surface area contributed by atoms with Crippen LogP contribution >= 0.6 is 11.6 Å². The molecule has 0 radical (unpaired) electrons. The number of hydrogen-bond donors (Lipinski definition) is 1. The molecule has 0 unspecified atom stereocenters. The van der Waals surface area contributed by atoms with Gasteiger partial charge in [-0.3, -0.25) is 10.1 Å². The smallest absolute Gasteiger partial charge is 0.307 e. The standard InChI is InChI=1S/C8H5ClN2O3/c9-8-7(11(13)14)4-6(5-10-8)2-1-3-12/h4-5,12H,3H2. The summed E-state index contributed by atoms with van der Waals surface area (Å²) in [7, 11) is 0. The van der Waals surface area contributed by atoms with Crippen molar-refractivity contribution in [2.45, 2.75) is 0 Å². The van der Waals surface area contributed by atoms with Crippen molar-refractivity contribution in [2.75, 3.05) is 6.61 Å². The van der Waals surface area contributed by atoms with Crippen molar-refractivity contribution in [3.8, 4) is 11.8 Å². The average Bonchev–Trinajstić information content (AvgIpc) is 2.16. The highest BCUT2D eigenvalue weighted by Crippen LogP contribution is 2.21. The number of nitro groups is 1. The molecule has 0 aliphatic heterocycles. The first-order chi connectivity index (χ1) is 6.65. The van der Waals surface area contributed by atoms with Crippen LogP contribution in [-0.2, 0) is 0 Å². The summed E-state index contributed by atoms with van der Waals surface area (Å²) in [5, 5.41) is 18.7. The Kier molecular flexibility index (Phi) is 3.40. The summed E-state index contributed by atoms with van der Waals surface area (Å²) in [6.45, 7) is -0.309. The number of rotatable bonds is 1. The third-order valence-electron chi connectivity index (χ3n) is 1.33. The lowest BCUT2D eigenvalue weighted by Crippen LogP contribution is -1.92. The molecule has 1 aromatic heterocycles. The molecule has 0 saturated carbocycles. The number of aliphatic hydroxyl groups excluding tert-OH is 1. The van der Waals surface area contributed by atoms with Crippen LogP contribution in [-0.4, -0.2) is 21.6 Å². The number of nitrogens with zero attached hydrogens (tertiary/aromatic N) is 2. The topological polar surface area (TPSA) is 76.3 Å². The zero-order chi connectivity index (χ0) is 10.6. The summed E-state index contributed by atoms with van der Waals surface area (Å²) >= 11 is 5.47. The van der Waals surface area contributed by atoms with Gasteiger partial charge in [-0.05, 0) is 0 Å². The number of hydrogen-bond acceptors (Lipinski definition) is 4. The van der Waals surface area contributed by atoms with Crippen molar-refractivity contribution < 1.29 is 10.0 Å². The van der Waals surface area contributed by atoms with E-state index in [0.29, 0.717) is 5.56 Å². The molecule has 1 aromatic rings. The summed E-state index contributed by atoms with van der Waals surface area (Å²) in [5.41, 5.74) is 0.0477. The Balaban J connectivity index is 3.13. The first-order valence-electron chi connectivity index (χ1n) is 3.55. The number of pyridine rings is 1. The number of halogens is 1. The minimum absolute atomic E-state index is 0.176. The van der Waals surface area contributed by atoms with Crippen molar-refractivity contribution >= 4 is 17.3 Å². The molecule has 0 aliphatic carbocycles. The van der Waals surface area contributed by atoms with Crippen LogP contribution in [0.25, 0.3) is 0 Å². The molecule has 5 nitrogen and oxygen atoms in total. The monoisotopic (exact) mass is 212 g/mol. The fourth-order valence-corrected chi connectivity index (χ4v) is 0.947.